The summed E-state index contributed by atoms with van der Waals surface area (Å²) in [6, 6.07) is 1.31. The molecule has 4 N–H and O–H groups in total. The molecule has 0 fully saturated rings. The van der Waals surface area contributed by atoms with Gasteiger partial charge in [-0.1, -0.05) is 0 Å². The lowest BCUT2D eigenvalue weighted by molar-refractivity contribution is -0.00816. The molecular formula is C13H22N4O5. The molecule has 0 radical (unpaired) electrons. The van der Waals surface area contributed by atoms with Crippen molar-refractivity contribution in [3.63, 3.8) is 0 Å². The first kappa shape index (κ1) is 17.9. The van der Waals surface area contributed by atoms with E-state index in [1.807, 2.05) is 0 Å². The average molecular weight is 314 g/mol. The molecule has 0 unspecified atom stereocenters. The predicted molar refractivity (Wildman–Crippen MR) is 79.3 cm³/mol. The number of hydroxylamine groups is 1. The van der Waals surface area contributed by atoms with Gasteiger partial charge in [0.15, 0.2) is 0 Å². The molecular weight excluding hydrogens is 292 g/mol. The van der Waals surface area contributed by atoms with Crippen LogP contribution in [0.25, 0.3) is 0 Å². The summed E-state index contributed by atoms with van der Waals surface area (Å²) >= 11 is 0. The number of carbonyl (C=O) groups excluding carboxylic acids is 1. The van der Waals surface area contributed by atoms with Crippen molar-refractivity contribution < 1.29 is 14.4 Å². The van der Waals surface area contributed by atoms with Crippen LogP contribution in [0.1, 0.15) is 32.9 Å². The van der Waals surface area contributed by atoms with Gasteiger partial charge in [0.1, 0.15) is 5.60 Å². The number of amides is 1. The minimum Gasteiger partial charge on any atom is -0.442 e. The Labute approximate surface area is 127 Å². The smallest absolute Gasteiger partial charge is 0.431 e. The molecule has 0 aliphatic carbocycles. The van der Waals surface area contributed by atoms with Gasteiger partial charge in [0.05, 0.1) is 6.61 Å². The summed E-state index contributed by atoms with van der Waals surface area (Å²) < 4.78 is 4.99. The van der Waals surface area contributed by atoms with Gasteiger partial charge in [0.25, 0.3) is 5.56 Å². The highest BCUT2D eigenvalue weighted by atomic mass is 16.7. The molecule has 0 aliphatic heterocycles. The summed E-state index contributed by atoms with van der Waals surface area (Å²) in [6.45, 7) is 6.53. The zero-order valence-electron chi connectivity index (χ0n) is 12.9. The lowest BCUT2D eigenvalue weighted by atomic mass is 10.2. The molecule has 22 heavy (non-hydrogen) atoms. The maximum Gasteiger partial charge on any atom is 0.431 e. The molecule has 1 heterocycles. The molecule has 9 heteroatoms. The van der Waals surface area contributed by atoms with Crippen LogP contribution in [0.2, 0.25) is 0 Å². The van der Waals surface area contributed by atoms with Crippen LogP contribution in [-0.2, 0) is 16.1 Å². The zero-order chi connectivity index (χ0) is 16.6. The summed E-state index contributed by atoms with van der Waals surface area (Å²) in [5, 5.41) is 3.04. The molecule has 0 spiro atoms. The fourth-order valence-electron chi connectivity index (χ4n) is 1.52. The van der Waals surface area contributed by atoms with E-state index in [-0.39, 0.29) is 0 Å². The Morgan fingerprint density at radius 2 is 2.00 bits per heavy atom. The SMILES string of the molecule is CC(C)(C)OC(=O)NOCCCNCc1cc(=O)[nH]c(=O)[nH]1. The van der Waals surface area contributed by atoms with Gasteiger partial charge < -0.3 is 15.0 Å². The topological polar surface area (TPSA) is 125 Å². The number of hydrogen-bond acceptors (Lipinski definition) is 6. The second kappa shape index (κ2) is 8.35. The highest BCUT2D eigenvalue weighted by Gasteiger charge is 2.15. The van der Waals surface area contributed by atoms with E-state index in [1.54, 1.807) is 20.8 Å². The van der Waals surface area contributed by atoms with Gasteiger partial charge >= 0.3 is 11.8 Å². The summed E-state index contributed by atoms with van der Waals surface area (Å²) in [6.07, 6.45) is -0.00926. The highest BCUT2D eigenvalue weighted by molar-refractivity contribution is 5.66. The highest BCUT2D eigenvalue weighted by Crippen LogP contribution is 2.06. The van der Waals surface area contributed by atoms with Crippen molar-refractivity contribution in [2.75, 3.05) is 13.2 Å². The Balaban J connectivity index is 2.10. The molecule has 1 amide bonds. The number of carbonyl (C=O) groups is 1. The van der Waals surface area contributed by atoms with Crippen LogP contribution in [0.4, 0.5) is 4.79 Å². The van der Waals surface area contributed by atoms with Gasteiger partial charge in [-0.05, 0) is 33.7 Å². The molecule has 1 aromatic rings. The zero-order valence-corrected chi connectivity index (χ0v) is 12.9. The first-order valence-electron chi connectivity index (χ1n) is 6.90. The van der Waals surface area contributed by atoms with Crippen LogP contribution in [0.5, 0.6) is 0 Å². The number of nitrogens with one attached hydrogen (secondary N) is 4. The fraction of sp³-hybridized carbons (Fsp3) is 0.615. The number of H-pyrrole nitrogens is 2. The maximum absolute atomic E-state index is 11.3. The number of ether oxygens (including phenoxy) is 1. The van der Waals surface area contributed by atoms with Gasteiger partial charge in [-0.25, -0.2) is 9.59 Å². The molecule has 124 valence electrons. The largest absolute Gasteiger partial charge is 0.442 e. The third-order valence-corrected chi connectivity index (χ3v) is 2.29. The fourth-order valence-corrected chi connectivity index (χ4v) is 1.52. The Kier molecular flexibility index (Phi) is 6.80. The standard InChI is InChI=1S/C13H22N4O5/c1-13(2,3)22-12(20)17-21-6-4-5-14-8-9-7-10(18)16-11(19)15-9/h7,14H,4-6,8H2,1-3H3,(H,17,20)(H2,15,16,18,19). The molecule has 0 bridgehead atoms. The van der Waals surface area contributed by atoms with Crippen LogP contribution >= 0.6 is 0 Å². The summed E-state index contributed by atoms with van der Waals surface area (Å²) in [5.41, 5.74) is 1.14. The van der Waals surface area contributed by atoms with E-state index in [0.29, 0.717) is 31.8 Å². The summed E-state index contributed by atoms with van der Waals surface area (Å²) in [5.74, 6) is 0. The number of aromatic amines is 2. The van der Waals surface area contributed by atoms with E-state index in [4.69, 9.17) is 9.57 Å². The van der Waals surface area contributed by atoms with Crippen LogP contribution in [0.15, 0.2) is 15.7 Å². The van der Waals surface area contributed by atoms with E-state index >= 15 is 0 Å². The molecule has 0 saturated heterocycles. The summed E-state index contributed by atoms with van der Waals surface area (Å²) in [7, 11) is 0. The van der Waals surface area contributed by atoms with Gasteiger partial charge in [-0.3, -0.25) is 14.6 Å². The molecule has 1 rings (SSSR count). The first-order chi connectivity index (χ1) is 10.3. The Morgan fingerprint density at radius 1 is 1.27 bits per heavy atom. The van der Waals surface area contributed by atoms with Crippen molar-refractivity contribution in [2.24, 2.45) is 0 Å². The number of hydrogen-bond donors (Lipinski definition) is 4. The Bertz CT molecular complexity index is 559. The molecule has 9 nitrogen and oxygen atoms in total. The maximum atomic E-state index is 11.3. The van der Waals surface area contributed by atoms with Gasteiger partial charge in [0.2, 0.25) is 0 Å². The second-order valence-electron chi connectivity index (χ2n) is 5.60. The van der Waals surface area contributed by atoms with Crippen molar-refractivity contribution in [1.82, 2.24) is 20.8 Å². The molecule has 0 aromatic carbocycles. The Morgan fingerprint density at radius 3 is 2.64 bits per heavy atom. The van der Waals surface area contributed by atoms with Crippen molar-refractivity contribution in [1.29, 1.82) is 0 Å². The van der Waals surface area contributed by atoms with Crippen molar-refractivity contribution in [3.05, 3.63) is 32.6 Å². The predicted octanol–water partition coefficient (Wildman–Crippen LogP) is -0.000800. The van der Waals surface area contributed by atoms with Crippen molar-refractivity contribution in [3.8, 4) is 0 Å². The van der Waals surface area contributed by atoms with E-state index in [1.165, 1.54) is 6.07 Å². The Hall–Kier alpha value is -2.13. The second-order valence-corrected chi connectivity index (χ2v) is 5.60. The molecule has 0 aliphatic rings. The molecule has 0 atom stereocenters. The minimum absolute atomic E-state index is 0.304. The van der Waals surface area contributed by atoms with Crippen LogP contribution in [0, 0.1) is 0 Å². The van der Waals surface area contributed by atoms with E-state index in [0.717, 1.165) is 0 Å². The molecule has 0 saturated carbocycles. The third kappa shape index (κ3) is 8.22. The molecule has 1 aromatic heterocycles. The van der Waals surface area contributed by atoms with Crippen LogP contribution in [0.3, 0.4) is 0 Å². The van der Waals surface area contributed by atoms with E-state index in [2.05, 4.69) is 20.8 Å². The van der Waals surface area contributed by atoms with Gasteiger partial charge in [-0.2, -0.15) is 5.48 Å². The average Bonchev–Trinajstić information content (AvgIpc) is 2.34. The monoisotopic (exact) mass is 314 g/mol. The van der Waals surface area contributed by atoms with E-state index < -0.39 is 22.9 Å². The lowest BCUT2D eigenvalue weighted by Crippen LogP contribution is -2.33. The lowest BCUT2D eigenvalue weighted by Gasteiger charge is -2.19. The number of aromatic nitrogens is 2. The minimum atomic E-state index is -0.637. The third-order valence-electron chi connectivity index (χ3n) is 2.29. The quantitative estimate of drug-likeness (QED) is 0.414. The van der Waals surface area contributed by atoms with Crippen LogP contribution < -0.4 is 22.0 Å². The van der Waals surface area contributed by atoms with Gasteiger partial charge in [0, 0.05) is 18.3 Å². The van der Waals surface area contributed by atoms with E-state index in [9.17, 15) is 14.4 Å². The van der Waals surface area contributed by atoms with Crippen molar-refractivity contribution >= 4 is 6.09 Å². The first-order valence-corrected chi connectivity index (χ1v) is 6.90. The van der Waals surface area contributed by atoms with Crippen LogP contribution in [-0.4, -0.2) is 34.8 Å². The normalized spacial score (nSPS) is 11.2. The van der Waals surface area contributed by atoms with Gasteiger partial charge in [-0.15, -0.1) is 0 Å². The summed E-state index contributed by atoms with van der Waals surface area (Å²) in [4.78, 5) is 42.9. The van der Waals surface area contributed by atoms with Crippen molar-refractivity contribution in [2.45, 2.75) is 39.3 Å². The number of rotatable bonds is 7.